The summed E-state index contributed by atoms with van der Waals surface area (Å²) in [5, 5.41) is 9.63. The summed E-state index contributed by atoms with van der Waals surface area (Å²) in [5.41, 5.74) is 0.885. The van der Waals surface area contributed by atoms with Gasteiger partial charge < -0.3 is 9.84 Å². The normalized spacial score (nSPS) is 13.4. The molecule has 0 saturated carbocycles. The second-order valence-corrected chi connectivity index (χ2v) is 4.21. The molecular weight excluding hydrogens is 245 g/mol. The van der Waals surface area contributed by atoms with Gasteiger partial charge in [0.1, 0.15) is 5.75 Å². The van der Waals surface area contributed by atoms with Crippen molar-refractivity contribution in [1.29, 1.82) is 0 Å². The monoisotopic (exact) mass is 262 g/mol. The molecule has 1 aromatic rings. The number of halogens is 3. The molecule has 0 fully saturated rings. The number of aliphatic hydroxyl groups is 1. The average molecular weight is 262 g/mol. The first-order valence-corrected chi connectivity index (χ1v) is 5.78. The highest BCUT2D eigenvalue weighted by Gasteiger charge is 2.26. The van der Waals surface area contributed by atoms with Crippen LogP contribution in [0.4, 0.5) is 13.2 Å². The van der Waals surface area contributed by atoms with Crippen molar-refractivity contribution in [1.82, 2.24) is 0 Å². The van der Waals surface area contributed by atoms with Crippen molar-refractivity contribution in [2.24, 2.45) is 0 Å². The van der Waals surface area contributed by atoms with Gasteiger partial charge in [0, 0.05) is 6.42 Å². The van der Waals surface area contributed by atoms with Crippen LogP contribution >= 0.6 is 0 Å². The number of benzene rings is 1. The van der Waals surface area contributed by atoms with Gasteiger partial charge in [0.2, 0.25) is 0 Å². The van der Waals surface area contributed by atoms with Gasteiger partial charge in [-0.15, -0.1) is 0 Å². The Hall–Kier alpha value is -1.23. The molecule has 1 aromatic carbocycles. The Morgan fingerprint density at radius 1 is 1.22 bits per heavy atom. The quantitative estimate of drug-likeness (QED) is 0.852. The average Bonchev–Trinajstić information content (AvgIpc) is 2.28. The van der Waals surface area contributed by atoms with Gasteiger partial charge in [-0.1, -0.05) is 12.1 Å². The van der Waals surface area contributed by atoms with Gasteiger partial charge in [-0.25, -0.2) is 0 Å². The van der Waals surface area contributed by atoms with Crippen LogP contribution in [0.2, 0.25) is 0 Å². The Bertz CT molecular complexity index is 346. The summed E-state index contributed by atoms with van der Waals surface area (Å²) in [6, 6.07) is 7.12. The minimum absolute atomic E-state index is 0.0409. The summed E-state index contributed by atoms with van der Waals surface area (Å²) < 4.78 is 40.8. The first kappa shape index (κ1) is 14.8. The van der Waals surface area contributed by atoms with E-state index in [-0.39, 0.29) is 12.8 Å². The first-order valence-electron chi connectivity index (χ1n) is 5.78. The van der Waals surface area contributed by atoms with Gasteiger partial charge in [0.25, 0.3) is 0 Å². The summed E-state index contributed by atoms with van der Waals surface area (Å²) in [5.74, 6) is 0.713. The van der Waals surface area contributed by atoms with Gasteiger partial charge in [0.15, 0.2) is 0 Å². The van der Waals surface area contributed by atoms with Crippen molar-refractivity contribution in [2.75, 3.05) is 7.11 Å². The summed E-state index contributed by atoms with van der Waals surface area (Å²) in [7, 11) is 1.56. The third kappa shape index (κ3) is 5.91. The summed E-state index contributed by atoms with van der Waals surface area (Å²) in [4.78, 5) is 0. The molecule has 0 aliphatic carbocycles. The molecule has 0 spiro atoms. The molecule has 0 amide bonds. The van der Waals surface area contributed by atoms with Crippen LogP contribution in [-0.2, 0) is 6.42 Å². The van der Waals surface area contributed by atoms with Crippen molar-refractivity contribution in [3.63, 3.8) is 0 Å². The van der Waals surface area contributed by atoms with E-state index in [1.165, 1.54) is 0 Å². The van der Waals surface area contributed by atoms with Gasteiger partial charge in [-0.05, 0) is 37.0 Å². The molecule has 1 rings (SSSR count). The van der Waals surface area contributed by atoms with E-state index in [0.29, 0.717) is 12.2 Å². The fraction of sp³-hybridized carbons (Fsp3) is 0.538. The maximum atomic E-state index is 11.9. The smallest absolute Gasteiger partial charge is 0.389 e. The van der Waals surface area contributed by atoms with Crippen molar-refractivity contribution in [3.05, 3.63) is 29.8 Å². The van der Waals surface area contributed by atoms with Gasteiger partial charge in [-0.2, -0.15) is 13.2 Å². The number of alkyl halides is 3. The van der Waals surface area contributed by atoms with Gasteiger partial charge in [0.05, 0.1) is 13.2 Å². The highest BCUT2D eigenvalue weighted by atomic mass is 19.4. The Balaban J connectivity index is 2.32. The molecule has 102 valence electrons. The lowest BCUT2D eigenvalue weighted by Gasteiger charge is -2.12. The zero-order chi connectivity index (χ0) is 13.6. The largest absolute Gasteiger partial charge is 0.497 e. The minimum Gasteiger partial charge on any atom is -0.497 e. The predicted molar refractivity (Wildman–Crippen MR) is 62.6 cm³/mol. The second-order valence-electron chi connectivity index (χ2n) is 4.21. The third-order valence-electron chi connectivity index (χ3n) is 2.63. The number of rotatable bonds is 6. The highest BCUT2D eigenvalue weighted by molar-refractivity contribution is 5.27. The van der Waals surface area contributed by atoms with Crippen LogP contribution in [-0.4, -0.2) is 24.5 Å². The summed E-state index contributed by atoms with van der Waals surface area (Å²) in [6.45, 7) is 0. The van der Waals surface area contributed by atoms with E-state index in [4.69, 9.17) is 4.74 Å². The lowest BCUT2D eigenvalue weighted by molar-refractivity contribution is -0.136. The zero-order valence-corrected chi connectivity index (χ0v) is 10.2. The molecule has 2 nitrogen and oxygen atoms in total. The van der Waals surface area contributed by atoms with Crippen LogP contribution < -0.4 is 4.74 Å². The Labute approximate surface area is 104 Å². The molecule has 0 radical (unpaired) electrons. The number of ether oxygens (including phenoxy) is 1. The molecule has 0 aliphatic rings. The molecule has 0 aliphatic heterocycles. The zero-order valence-electron chi connectivity index (χ0n) is 10.2. The van der Waals surface area contributed by atoms with Crippen LogP contribution in [0.3, 0.4) is 0 Å². The van der Waals surface area contributed by atoms with Crippen molar-refractivity contribution in [2.45, 2.75) is 38.0 Å². The standard InChI is InChI=1S/C13H17F3O2/c1-18-12-6-4-10(5-7-12)9-11(17)3-2-8-13(14,15)16/h4-7,11,17H,2-3,8-9H2,1H3. The van der Waals surface area contributed by atoms with Crippen molar-refractivity contribution < 1.29 is 23.0 Å². The van der Waals surface area contributed by atoms with Gasteiger partial charge in [-0.3, -0.25) is 0 Å². The molecule has 1 N–H and O–H groups in total. The molecule has 1 atom stereocenters. The molecule has 5 heteroatoms. The molecule has 0 heterocycles. The molecule has 0 aromatic heterocycles. The lowest BCUT2D eigenvalue weighted by Crippen LogP contribution is -2.13. The maximum Gasteiger partial charge on any atom is 0.389 e. The lowest BCUT2D eigenvalue weighted by atomic mass is 10.0. The highest BCUT2D eigenvalue weighted by Crippen LogP contribution is 2.23. The fourth-order valence-corrected chi connectivity index (χ4v) is 1.67. The van der Waals surface area contributed by atoms with E-state index in [1.54, 1.807) is 31.4 Å². The Morgan fingerprint density at radius 3 is 2.33 bits per heavy atom. The predicted octanol–water partition coefficient (Wildman–Crippen LogP) is 3.33. The number of hydrogen-bond donors (Lipinski definition) is 1. The third-order valence-corrected chi connectivity index (χ3v) is 2.63. The molecule has 0 bridgehead atoms. The SMILES string of the molecule is COc1ccc(CC(O)CCCC(F)(F)F)cc1. The number of methoxy groups -OCH3 is 1. The van der Waals surface area contributed by atoms with E-state index < -0.39 is 18.7 Å². The Kier molecular flexibility index (Phi) is 5.47. The van der Waals surface area contributed by atoms with Crippen molar-refractivity contribution in [3.8, 4) is 5.75 Å². The van der Waals surface area contributed by atoms with E-state index in [2.05, 4.69) is 0 Å². The van der Waals surface area contributed by atoms with E-state index in [9.17, 15) is 18.3 Å². The Morgan fingerprint density at radius 2 is 1.83 bits per heavy atom. The maximum absolute atomic E-state index is 11.9. The minimum atomic E-state index is -4.14. The van der Waals surface area contributed by atoms with Crippen LogP contribution in [0.5, 0.6) is 5.75 Å². The van der Waals surface area contributed by atoms with Crippen LogP contribution in [0, 0.1) is 0 Å². The molecule has 0 saturated heterocycles. The summed E-state index contributed by atoms with van der Waals surface area (Å²) in [6.07, 6.45) is -5.23. The second kappa shape index (κ2) is 6.64. The topological polar surface area (TPSA) is 29.5 Å². The van der Waals surface area contributed by atoms with Crippen LogP contribution in [0.15, 0.2) is 24.3 Å². The fourth-order valence-electron chi connectivity index (χ4n) is 1.67. The molecular formula is C13H17F3O2. The van der Waals surface area contributed by atoms with E-state index >= 15 is 0 Å². The number of hydrogen-bond acceptors (Lipinski definition) is 2. The van der Waals surface area contributed by atoms with Crippen LogP contribution in [0.1, 0.15) is 24.8 Å². The van der Waals surface area contributed by atoms with Gasteiger partial charge >= 0.3 is 6.18 Å². The summed E-state index contributed by atoms with van der Waals surface area (Å²) >= 11 is 0. The van der Waals surface area contributed by atoms with E-state index in [1.807, 2.05) is 0 Å². The molecule has 1 unspecified atom stereocenters. The first-order chi connectivity index (χ1) is 8.40. The number of aliphatic hydroxyl groups excluding tert-OH is 1. The van der Waals surface area contributed by atoms with Crippen LogP contribution in [0.25, 0.3) is 0 Å². The van der Waals surface area contributed by atoms with E-state index in [0.717, 1.165) is 5.56 Å². The van der Waals surface area contributed by atoms with Crippen molar-refractivity contribution >= 4 is 0 Å². The molecule has 18 heavy (non-hydrogen) atoms.